The number of hydrogen-bond donors (Lipinski definition) is 2. The van der Waals surface area contributed by atoms with Crippen LogP contribution in [0, 0.1) is 5.92 Å². The van der Waals surface area contributed by atoms with E-state index in [0.717, 1.165) is 19.6 Å². The van der Waals surface area contributed by atoms with Crippen LogP contribution in [0.25, 0.3) is 0 Å². The van der Waals surface area contributed by atoms with Gasteiger partial charge in [-0.3, -0.25) is 9.78 Å². The molecule has 3 rings (SSSR count). The number of aromatic nitrogens is 1. The van der Waals surface area contributed by atoms with Gasteiger partial charge in [-0.05, 0) is 31.4 Å². The van der Waals surface area contributed by atoms with Gasteiger partial charge in [0.05, 0.1) is 11.8 Å². The Morgan fingerprint density at radius 2 is 2.39 bits per heavy atom. The van der Waals surface area contributed by atoms with Crippen LogP contribution < -0.4 is 5.32 Å². The number of carbonyl (C=O) groups is 1. The summed E-state index contributed by atoms with van der Waals surface area (Å²) >= 11 is 0. The highest BCUT2D eigenvalue weighted by atomic mass is 16.3. The first-order valence-electron chi connectivity index (χ1n) is 6.41. The zero-order valence-corrected chi connectivity index (χ0v) is 10.2. The van der Waals surface area contributed by atoms with Crippen LogP contribution >= 0.6 is 0 Å². The molecule has 96 valence electrons. The Hall–Kier alpha value is -1.62. The molecule has 3 heterocycles. The van der Waals surface area contributed by atoms with Crippen molar-refractivity contribution >= 4 is 5.91 Å². The predicted octanol–water partition coefficient (Wildman–Crippen LogP) is 0.611. The third-order valence-electron chi connectivity index (χ3n) is 3.92. The molecule has 5 nitrogen and oxygen atoms in total. The van der Waals surface area contributed by atoms with E-state index in [1.54, 1.807) is 6.07 Å². The largest absolute Gasteiger partial charge is 0.505 e. The number of aromatic hydroxyl groups is 1. The Labute approximate surface area is 106 Å². The number of carbonyl (C=O) groups excluding carboxylic acids is 1. The van der Waals surface area contributed by atoms with E-state index in [9.17, 15) is 9.90 Å². The fourth-order valence-electron chi connectivity index (χ4n) is 2.95. The molecule has 1 aromatic heterocycles. The van der Waals surface area contributed by atoms with E-state index in [2.05, 4.69) is 10.3 Å². The third-order valence-corrected chi connectivity index (χ3v) is 3.92. The molecule has 2 atom stereocenters. The van der Waals surface area contributed by atoms with Crippen molar-refractivity contribution in [3.05, 3.63) is 24.0 Å². The monoisotopic (exact) mass is 247 g/mol. The third kappa shape index (κ3) is 1.95. The first kappa shape index (κ1) is 11.5. The van der Waals surface area contributed by atoms with Crippen LogP contribution in [0.4, 0.5) is 0 Å². The maximum atomic E-state index is 12.3. The van der Waals surface area contributed by atoms with Crippen molar-refractivity contribution in [2.24, 2.45) is 5.92 Å². The van der Waals surface area contributed by atoms with E-state index in [1.165, 1.54) is 25.2 Å². The van der Waals surface area contributed by atoms with Crippen molar-refractivity contribution in [1.29, 1.82) is 0 Å². The highest BCUT2D eigenvalue weighted by molar-refractivity contribution is 5.96. The summed E-state index contributed by atoms with van der Waals surface area (Å²) in [5.41, 5.74) is 0.351. The first-order valence-corrected chi connectivity index (χ1v) is 6.41. The van der Waals surface area contributed by atoms with Gasteiger partial charge in [0.25, 0.3) is 5.91 Å². The number of piperidine rings is 1. The van der Waals surface area contributed by atoms with Crippen molar-refractivity contribution in [1.82, 2.24) is 15.2 Å². The molecule has 2 fully saturated rings. The first-order chi connectivity index (χ1) is 8.75. The summed E-state index contributed by atoms with van der Waals surface area (Å²) in [4.78, 5) is 18.0. The topological polar surface area (TPSA) is 65.5 Å². The molecule has 2 aliphatic rings. The molecule has 0 aliphatic carbocycles. The Balaban J connectivity index is 1.76. The minimum absolute atomic E-state index is 0.0367. The number of nitrogens with zero attached hydrogens (tertiary/aromatic N) is 2. The number of nitrogens with one attached hydrogen (secondary N) is 1. The molecule has 0 spiro atoms. The second kappa shape index (κ2) is 4.57. The van der Waals surface area contributed by atoms with Crippen LogP contribution in [0.3, 0.4) is 0 Å². The summed E-state index contributed by atoms with van der Waals surface area (Å²) in [6.45, 7) is 2.58. The molecule has 0 saturated carbocycles. The van der Waals surface area contributed by atoms with Gasteiger partial charge in [-0.1, -0.05) is 0 Å². The molecule has 2 aliphatic heterocycles. The second-order valence-corrected chi connectivity index (χ2v) is 5.07. The van der Waals surface area contributed by atoms with E-state index in [4.69, 9.17) is 0 Å². The summed E-state index contributed by atoms with van der Waals surface area (Å²) < 4.78 is 0. The highest BCUT2D eigenvalue weighted by Gasteiger charge is 2.37. The number of pyridine rings is 1. The van der Waals surface area contributed by atoms with Crippen molar-refractivity contribution in [2.75, 3.05) is 19.6 Å². The summed E-state index contributed by atoms with van der Waals surface area (Å²) in [6.07, 6.45) is 5.22. The number of rotatable bonds is 1. The number of amides is 1. The summed E-state index contributed by atoms with van der Waals surface area (Å²) in [7, 11) is 0. The quantitative estimate of drug-likeness (QED) is 0.763. The molecule has 0 radical (unpaired) electrons. The van der Waals surface area contributed by atoms with Gasteiger partial charge in [-0.2, -0.15) is 0 Å². The minimum Gasteiger partial charge on any atom is -0.505 e. The van der Waals surface area contributed by atoms with Crippen LogP contribution in [-0.4, -0.2) is 46.6 Å². The van der Waals surface area contributed by atoms with Crippen molar-refractivity contribution < 1.29 is 9.90 Å². The van der Waals surface area contributed by atoms with E-state index >= 15 is 0 Å². The number of fused-ring (bicyclic) bond motifs is 1. The van der Waals surface area contributed by atoms with Gasteiger partial charge in [-0.15, -0.1) is 0 Å². The van der Waals surface area contributed by atoms with Crippen LogP contribution in [0.15, 0.2) is 18.5 Å². The average molecular weight is 247 g/mol. The lowest BCUT2D eigenvalue weighted by atomic mass is 9.94. The van der Waals surface area contributed by atoms with Crippen LogP contribution in [0.5, 0.6) is 5.75 Å². The Morgan fingerprint density at radius 3 is 3.17 bits per heavy atom. The van der Waals surface area contributed by atoms with Gasteiger partial charge in [-0.25, -0.2) is 0 Å². The lowest BCUT2D eigenvalue weighted by Gasteiger charge is -2.24. The van der Waals surface area contributed by atoms with Crippen LogP contribution in [0.1, 0.15) is 23.2 Å². The van der Waals surface area contributed by atoms with Crippen molar-refractivity contribution in [2.45, 2.75) is 18.9 Å². The number of hydrogen-bond acceptors (Lipinski definition) is 4. The number of likely N-dealkylation sites (tertiary alicyclic amines) is 1. The second-order valence-electron chi connectivity index (χ2n) is 5.07. The molecule has 1 amide bonds. The van der Waals surface area contributed by atoms with Crippen molar-refractivity contribution in [3.63, 3.8) is 0 Å². The van der Waals surface area contributed by atoms with Crippen molar-refractivity contribution in [3.8, 4) is 5.75 Å². The Kier molecular flexibility index (Phi) is 2.91. The zero-order valence-electron chi connectivity index (χ0n) is 10.2. The molecular formula is C13H17N3O2. The molecule has 2 N–H and O–H groups in total. The molecule has 0 unspecified atom stereocenters. The lowest BCUT2D eigenvalue weighted by Crippen LogP contribution is -2.41. The fourth-order valence-corrected chi connectivity index (χ4v) is 2.95. The molecular weight excluding hydrogens is 230 g/mol. The zero-order chi connectivity index (χ0) is 12.5. The molecule has 0 bridgehead atoms. The normalized spacial score (nSPS) is 27.0. The molecule has 2 saturated heterocycles. The maximum Gasteiger partial charge on any atom is 0.257 e. The van der Waals surface area contributed by atoms with E-state index in [-0.39, 0.29) is 11.7 Å². The van der Waals surface area contributed by atoms with Gasteiger partial charge >= 0.3 is 0 Å². The van der Waals surface area contributed by atoms with E-state index < -0.39 is 0 Å². The Bertz CT molecular complexity index is 449. The smallest absolute Gasteiger partial charge is 0.257 e. The standard InChI is InChI=1S/C13H17N3O2/c17-12-6-14-5-3-10(12)13(18)16-7-9-2-1-4-15-11(9)8-16/h3,5-6,9,11,15,17H,1-2,4,7-8H2/t9-,11+/m0/s1. The van der Waals surface area contributed by atoms with Crippen LogP contribution in [-0.2, 0) is 0 Å². The molecule has 1 aromatic rings. The van der Waals surface area contributed by atoms with E-state index in [0.29, 0.717) is 17.5 Å². The molecule has 0 aromatic carbocycles. The van der Waals surface area contributed by atoms with Gasteiger partial charge in [0.2, 0.25) is 0 Å². The van der Waals surface area contributed by atoms with Gasteiger partial charge in [0.1, 0.15) is 5.75 Å². The maximum absolute atomic E-state index is 12.3. The van der Waals surface area contributed by atoms with Gasteiger partial charge in [0.15, 0.2) is 0 Å². The lowest BCUT2D eigenvalue weighted by molar-refractivity contribution is 0.0782. The van der Waals surface area contributed by atoms with E-state index in [1.807, 2.05) is 4.90 Å². The summed E-state index contributed by atoms with van der Waals surface area (Å²) in [6, 6.07) is 2.00. The molecule has 18 heavy (non-hydrogen) atoms. The Morgan fingerprint density at radius 1 is 1.50 bits per heavy atom. The molecule has 5 heteroatoms. The average Bonchev–Trinajstić information content (AvgIpc) is 2.82. The summed E-state index contributed by atoms with van der Waals surface area (Å²) in [5.74, 6) is 0.433. The highest BCUT2D eigenvalue weighted by Crippen LogP contribution is 2.27. The minimum atomic E-state index is -0.0916. The van der Waals surface area contributed by atoms with Gasteiger partial charge < -0.3 is 15.3 Å². The van der Waals surface area contributed by atoms with Gasteiger partial charge in [0, 0.05) is 25.3 Å². The van der Waals surface area contributed by atoms with Crippen LogP contribution in [0.2, 0.25) is 0 Å². The summed E-state index contributed by atoms with van der Waals surface area (Å²) in [5, 5.41) is 13.1. The SMILES string of the molecule is O=C(c1ccncc1O)N1C[C@@H]2CCCN[C@@H]2C1. The predicted molar refractivity (Wildman–Crippen MR) is 66.3 cm³/mol. The fraction of sp³-hybridized carbons (Fsp3) is 0.538.